The molecule has 9 aliphatic rings. The summed E-state index contributed by atoms with van der Waals surface area (Å²) in [5.41, 5.74) is 8.50. The topological polar surface area (TPSA) is 148 Å². The smallest absolute Gasteiger partial charge is 0.486 e. The van der Waals surface area contributed by atoms with Gasteiger partial charge in [-0.1, -0.05) is 51.4 Å². The molecule has 45 heavy (non-hydrogen) atoms. The number of hydrogen-bond donors (Lipinski definition) is 10. The largest absolute Gasteiger partial charge is 2.00 e. The Labute approximate surface area is 283 Å². The molecule has 10 nitrogen and oxygen atoms in total. The summed E-state index contributed by atoms with van der Waals surface area (Å²) in [7, 11) is 5.50. The monoisotopic (exact) mass is 675 g/mol. The van der Waals surface area contributed by atoms with Gasteiger partial charge in [-0.05, 0) is 98.7 Å². The maximum atomic E-state index is 4.26. The molecule has 11 heteroatoms. The first-order valence-electron chi connectivity index (χ1n) is 18.7. The van der Waals surface area contributed by atoms with E-state index in [1.165, 1.54) is 103 Å². The molecule has 12 N–H and O–H groups in total. The average molecular weight is 677 g/mol. The normalized spacial score (nSPS) is 51.5. The fraction of sp³-hybridized carbons (Fsp3) is 0.941. The van der Waals surface area contributed by atoms with Gasteiger partial charge in [-0.3, -0.25) is 56.6 Å². The van der Waals surface area contributed by atoms with Crippen LogP contribution in [0.3, 0.4) is 0 Å². The molecule has 0 aromatic heterocycles. The van der Waals surface area contributed by atoms with Crippen molar-refractivity contribution in [3.05, 3.63) is 14.1 Å². The molecule has 5 heterocycles. The van der Waals surface area contributed by atoms with Crippen molar-refractivity contribution >= 4 is 0 Å². The summed E-state index contributed by atoms with van der Waals surface area (Å²) >= 11 is 0. The van der Waals surface area contributed by atoms with Crippen LogP contribution in [0.1, 0.15) is 103 Å². The van der Waals surface area contributed by atoms with Crippen LogP contribution in [0.5, 0.6) is 0 Å². The molecule has 4 aliphatic carbocycles. The van der Waals surface area contributed by atoms with Crippen LogP contribution in [-0.2, 0) is 17.1 Å². The van der Waals surface area contributed by atoms with E-state index in [0.717, 1.165) is 47.3 Å². The zero-order valence-electron chi connectivity index (χ0n) is 27.4. The van der Waals surface area contributed by atoms with E-state index in [0.29, 0.717) is 49.3 Å². The van der Waals surface area contributed by atoms with Gasteiger partial charge in [0.1, 0.15) is 0 Å². The first-order chi connectivity index (χ1) is 21.8. The Morgan fingerprint density at radius 1 is 0.267 bits per heavy atom. The van der Waals surface area contributed by atoms with Gasteiger partial charge in [-0.15, -0.1) is 0 Å². The van der Waals surface area contributed by atoms with E-state index in [9.17, 15) is 0 Å². The van der Waals surface area contributed by atoms with Gasteiger partial charge < -0.3 is 11.5 Å². The van der Waals surface area contributed by atoms with E-state index in [-0.39, 0.29) is 17.1 Å². The minimum Gasteiger partial charge on any atom is -0.486 e. The van der Waals surface area contributed by atoms with Crippen LogP contribution in [0.4, 0.5) is 0 Å². The Kier molecular flexibility index (Phi) is 12.3. The molecule has 0 amide bonds. The van der Waals surface area contributed by atoms with Crippen LogP contribution in [0.15, 0.2) is 0 Å². The van der Waals surface area contributed by atoms with Crippen molar-refractivity contribution in [3.8, 4) is 0 Å². The fourth-order valence-corrected chi connectivity index (χ4v) is 12.0. The standard InChI is InChI=1S/C32H56N8.2CH4N.Cu/c1-2-10-18-17(9-1)25-33-26(18)38-28-21-13-5-6-14-22(21)30(35-28)40-32-24-16-8-7-15-23(24)31(36-32)39-29-20-12-4-3-11-19(20)27(34-29)37-25;2*1-2;/h17-40H,1-16H2;2*1-2H2;/q;2*-1;+2. The van der Waals surface area contributed by atoms with Crippen LogP contribution in [0, 0.1) is 61.4 Å². The second-order valence-electron chi connectivity index (χ2n) is 15.6. The molecule has 0 spiro atoms. The van der Waals surface area contributed by atoms with Crippen molar-refractivity contribution in [2.45, 2.75) is 152 Å². The summed E-state index contributed by atoms with van der Waals surface area (Å²) in [6, 6.07) is 0. The zero-order chi connectivity index (χ0) is 30.2. The Balaban J connectivity index is 0.000000689. The maximum absolute atomic E-state index is 4.26. The minimum absolute atomic E-state index is 0. The molecule has 5 saturated heterocycles. The van der Waals surface area contributed by atoms with E-state index in [2.05, 4.69) is 68.1 Å². The first-order valence-corrected chi connectivity index (χ1v) is 18.7. The number of rotatable bonds is 0. The van der Waals surface area contributed by atoms with E-state index >= 15 is 0 Å². The zero-order valence-corrected chi connectivity index (χ0v) is 28.4. The summed E-state index contributed by atoms with van der Waals surface area (Å²) < 4.78 is 0. The Morgan fingerprint density at radius 2 is 0.378 bits per heavy atom. The molecular weight excluding hydrogens is 612 g/mol. The van der Waals surface area contributed by atoms with Crippen LogP contribution in [0.2, 0.25) is 0 Å². The number of hydrogen-bond acceptors (Lipinski definition) is 10. The van der Waals surface area contributed by atoms with Crippen LogP contribution >= 0.6 is 0 Å². The SMILES string of the molecule is C1CCC2C3NC(NC4NC(NC5NC(NC6NC(N3)C3CCCCC63)C3CCCCC53)C3CCCCC43)C2C1.[CH2-]N.[CH2-]N.[Cu+2]. The Morgan fingerprint density at radius 3 is 0.489 bits per heavy atom. The predicted octanol–water partition coefficient (Wildman–Crippen LogP) is 2.08. The van der Waals surface area contributed by atoms with Crippen LogP contribution in [0.25, 0.3) is 0 Å². The summed E-state index contributed by atoms with van der Waals surface area (Å²) in [6.07, 6.45) is 25.6. The van der Waals surface area contributed by atoms with Crippen molar-refractivity contribution in [3.63, 3.8) is 0 Å². The molecule has 0 aromatic carbocycles. The minimum atomic E-state index is 0. The summed E-state index contributed by atoms with van der Waals surface area (Å²) in [6.45, 7) is 0. The molecule has 9 fully saturated rings. The molecule has 5 aliphatic heterocycles. The van der Waals surface area contributed by atoms with Gasteiger partial charge in [0, 0.05) is 0 Å². The van der Waals surface area contributed by atoms with Gasteiger partial charge in [0.15, 0.2) is 0 Å². The van der Waals surface area contributed by atoms with Crippen molar-refractivity contribution in [2.75, 3.05) is 0 Å². The third-order valence-electron chi connectivity index (χ3n) is 13.8. The van der Waals surface area contributed by atoms with Crippen molar-refractivity contribution < 1.29 is 17.1 Å². The second kappa shape index (κ2) is 15.8. The second-order valence-corrected chi connectivity index (χ2v) is 15.6. The van der Waals surface area contributed by atoms with Gasteiger partial charge in [0.25, 0.3) is 0 Å². The van der Waals surface area contributed by atoms with Crippen molar-refractivity contribution in [1.82, 2.24) is 42.5 Å². The fourth-order valence-electron chi connectivity index (χ4n) is 12.0. The molecule has 8 unspecified atom stereocenters. The molecule has 261 valence electrons. The number of nitrogens with two attached hydrogens (primary N) is 2. The van der Waals surface area contributed by atoms with Gasteiger partial charge in [0.05, 0.1) is 49.3 Å². The number of nitrogens with one attached hydrogen (secondary N) is 8. The third-order valence-corrected chi connectivity index (χ3v) is 13.8. The van der Waals surface area contributed by atoms with E-state index in [4.69, 9.17) is 0 Å². The van der Waals surface area contributed by atoms with Crippen molar-refractivity contribution in [2.24, 2.45) is 58.8 Å². The molecule has 9 rings (SSSR count). The first kappa shape index (κ1) is 35.0. The Hall–Kier alpha value is 0.119. The molecule has 0 aromatic rings. The molecule has 1 radical (unpaired) electrons. The van der Waals surface area contributed by atoms with Gasteiger partial charge in [-0.2, -0.15) is 0 Å². The summed E-state index contributed by atoms with van der Waals surface area (Å²) in [5.74, 6) is 5.97. The predicted molar refractivity (Wildman–Crippen MR) is 176 cm³/mol. The molecule has 8 atom stereocenters. The maximum Gasteiger partial charge on any atom is 2.00 e. The van der Waals surface area contributed by atoms with E-state index in [1.807, 2.05) is 0 Å². The van der Waals surface area contributed by atoms with E-state index < -0.39 is 0 Å². The van der Waals surface area contributed by atoms with Gasteiger partial charge in [-0.25, -0.2) is 0 Å². The Bertz CT molecular complexity index is 721. The molecular formula is C34H64CuN10. The number of fused-ring (bicyclic) bond motifs is 20. The van der Waals surface area contributed by atoms with E-state index in [1.54, 1.807) is 0 Å². The van der Waals surface area contributed by atoms with Crippen LogP contribution < -0.4 is 54.0 Å². The van der Waals surface area contributed by atoms with Crippen molar-refractivity contribution in [1.29, 1.82) is 0 Å². The molecule has 8 bridgehead atoms. The molecule has 4 saturated carbocycles. The average Bonchev–Trinajstić information content (AvgIpc) is 3.82. The summed E-state index contributed by atoms with van der Waals surface area (Å²) in [5, 5.41) is 33.8. The summed E-state index contributed by atoms with van der Waals surface area (Å²) in [4.78, 5) is 0. The van der Waals surface area contributed by atoms with Crippen LogP contribution in [-0.4, -0.2) is 49.3 Å². The van der Waals surface area contributed by atoms with Gasteiger partial charge >= 0.3 is 17.1 Å². The van der Waals surface area contributed by atoms with Gasteiger partial charge in [0.2, 0.25) is 0 Å². The quantitative estimate of drug-likeness (QED) is 0.137. The third kappa shape index (κ3) is 6.70.